The van der Waals surface area contributed by atoms with E-state index in [1.54, 1.807) is 13.2 Å². The highest BCUT2D eigenvalue weighted by Crippen LogP contribution is 2.35. The number of hydrogen-bond donors (Lipinski definition) is 2. The molecule has 132 valence electrons. The van der Waals surface area contributed by atoms with Crippen LogP contribution in [0.2, 0.25) is 0 Å². The predicted molar refractivity (Wildman–Crippen MR) is 96.4 cm³/mol. The van der Waals surface area contributed by atoms with Crippen molar-refractivity contribution >= 4 is 0 Å². The zero-order valence-corrected chi connectivity index (χ0v) is 14.7. The quantitative estimate of drug-likeness (QED) is 0.898. The topological polar surface area (TPSA) is 63.3 Å². The number of H-pyrrole nitrogens is 1. The molecular weight excluding hydrogens is 316 g/mol. The van der Waals surface area contributed by atoms with Gasteiger partial charge in [0.25, 0.3) is 0 Å². The lowest BCUT2D eigenvalue weighted by molar-refractivity contribution is 0.254. The number of methoxy groups -OCH3 is 1. The van der Waals surface area contributed by atoms with E-state index < -0.39 is 0 Å². The van der Waals surface area contributed by atoms with Crippen molar-refractivity contribution in [1.82, 2.24) is 10.3 Å². The van der Waals surface area contributed by atoms with Gasteiger partial charge >= 0.3 is 0 Å². The molecule has 4 rings (SSSR count). The summed E-state index contributed by atoms with van der Waals surface area (Å²) in [6.45, 7) is 2.79. The minimum atomic E-state index is -0.0223. The molecule has 0 spiro atoms. The number of hydrogen-bond acceptors (Lipinski definition) is 4. The Morgan fingerprint density at radius 2 is 2.24 bits per heavy atom. The van der Waals surface area contributed by atoms with Crippen LogP contribution in [0, 0.1) is 0 Å². The molecule has 2 heterocycles. The number of aromatic amines is 1. The summed E-state index contributed by atoms with van der Waals surface area (Å²) >= 11 is 0. The smallest absolute Gasteiger partial charge is 0.248 e. The Hall–Kier alpha value is -2.27. The molecule has 0 unspecified atom stereocenters. The monoisotopic (exact) mass is 340 g/mol. The van der Waals surface area contributed by atoms with E-state index in [2.05, 4.69) is 29.4 Å². The molecule has 0 fully saturated rings. The number of fused-ring (bicyclic) bond motifs is 2. The van der Waals surface area contributed by atoms with Crippen LogP contribution in [-0.4, -0.2) is 18.2 Å². The Balaban J connectivity index is 1.55. The van der Waals surface area contributed by atoms with E-state index in [0.29, 0.717) is 6.54 Å². The van der Waals surface area contributed by atoms with Crippen LogP contribution in [-0.2, 0) is 19.4 Å². The van der Waals surface area contributed by atoms with Crippen molar-refractivity contribution in [2.75, 3.05) is 7.11 Å². The largest absolute Gasteiger partial charge is 0.496 e. The van der Waals surface area contributed by atoms with Crippen molar-refractivity contribution in [3.63, 3.8) is 0 Å². The molecule has 0 amide bonds. The molecule has 0 saturated carbocycles. The predicted octanol–water partition coefficient (Wildman–Crippen LogP) is 2.87. The Morgan fingerprint density at radius 1 is 1.36 bits per heavy atom. The van der Waals surface area contributed by atoms with Gasteiger partial charge in [0.05, 0.1) is 7.11 Å². The lowest BCUT2D eigenvalue weighted by Crippen LogP contribution is -2.27. The maximum Gasteiger partial charge on any atom is 0.248 e. The van der Waals surface area contributed by atoms with Crippen molar-refractivity contribution in [3.8, 4) is 11.5 Å². The second kappa shape index (κ2) is 6.56. The summed E-state index contributed by atoms with van der Waals surface area (Å²) in [5.41, 5.74) is 4.57. The third-order valence-corrected chi connectivity index (χ3v) is 5.17. The molecule has 1 aliphatic heterocycles. The van der Waals surface area contributed by atoms with E-state index in [4.69, 9.17) is 9.47 Å². The molecule has 0 bridgehead atoms. The first-order valence-electron chi connectivity index (χ1n) is 8.96. The third-order valence-electron chi connectivity index (χ3n) is 5.17. The van der Waals surface area contributed by atoms with Gasteiger partial charge in [-0.1, -0.05) is 6.07 Å². The average Bonchev–Trinajstić information content (AvgIpc) is 2.97. The molecule has 1 aromatic carbocycles. The van der Waals surface area contributed by atoms with Gasteiger partial charge in [0.15, 0.2) is 0 Å². The van der Waals surface area contributed by atoms with Gasteiger partial charge < -0.3 is 19.8 Å². The Morgan fingerprint density at radius 3 is 3.08 bits per heavy atom. The maximum atomic E-state index is 11.5. The van der Waals surface area contributed by atoms with Gasteiger partial charge in [-0.05, 0) is 43.9 Å². The van der Waals surface area contributed by atoms with Gasteiger partial charge in [0.1, 0.15) is 17.6 Å². The van der Waals surface area contributed by atoms with Crippen LogP contribution >= 0.6 is 0 Å². The highest BCUT2D eigenvalue weighted by atomic mass is 16.5. The summed E-state index contributed by atoms with van der Waals surface area (Å²) in [5, 5.41) is 3.63. The summed E-state index contributed by atoms with van der Waals surface area (Å²) in [4.78, 5) is 14.5. The van der Waals surface area contributed by atoms with Gasteiger partial charge in [0, 0.05) is 41.9 Å². The van der Waals surface area contributed by atoms with Gasteiger partial charge in [-0.2, -0.15) is 0 Å². The van der Waals surface area contributed by atoms with Gasteiger partial charge in [-0.15, -0.1) is 0 Å². The molecule has 5 nitrogen and oxygen atoms in total. The molecule has 1 aromatic heterocycles. The van der Waals surface area contributed by atoms with E-state index in [9.17, 15) is 4.79 Å². The van der Waals surface area contributed by atoms with Crippen molar-refractivity contribution < 1.29 is 9.47 Å². The zero-order chi connectivity index (χ0) is 17.4. The number of pyridine rings is 1. The van der Waals surface area contributed by atoms with Crippen molar-refractivity contribution in [2.45, 2.75) is 51.3 Å². The first kappa shape index (κ1) is 16.2. The highest BCUT2D eigenvalue weighted by molar-refractivity contribution is 5.48. The normalized spacial score (nSPS) is 21.4. The molecule has 1 aliphatic carbocycles. The van der Waals surface area contributed by atoms with E-state index >= 15 is 0 Å². The first-order valence-corrected chi connectivity index (χ1v) is 8.96. The second-order valence-corrected chi connectivity index (χ2v) is 6.99. The Labute approximate surface area is 147 Å². The average molecular weight is 340 g/mol. The fraction of sp³-hybridized carbons (Fsp3) is 0.450. The molecule has 2 aromatic rings. The number of nitrogens with one attached hydrogen (secondary N) is 2. The molecule has 2 N–H and O–H groups in total. The molecular formula is C20H24N2O3. The number of rotatable bonds is 4. The van der Waals surface area contributed by atoms with E-state index in [-0.39, 0.29) is 17.7 Å². The van der Waals surface area contributed by atoms with Gasteiger partial charge in [0.2, 0.25) is 5.56 Å². The van der Waals surface area contributed by atoms with Gasteiger partial charge in [-0.3, -0.25) is 4.79 Å². The van der Waals surface area contributed by atoms with E-state index in [0.717, 1.165) is 48.4 Å². The summed E-state index contributed by atoms with van der Waals surface area (Å²) in [6.07, 6.45) is 4.25. The third kappa shape index (κ3) is 3.16. The summed E-state index contributed by atoms with van der Waals surface area (Å²) in [7, 11) is 1.71. The molecule has 0 radical (unpaired) electrons. The number of ether oxygens (including phenoxy) is 2. The molecule has 0 saturated heterocycles. The minimum absolute atomic E-state index is 0.0223. The van der Waals surface area contributed by atoms with Crippen molar-refractivity contribution in [2.24, 2.45) is 0 Å². The van der Waals surface area contributed by atoms with Crippen LogP contribution in [0.4, 0.5) is 0 Å². The number of aryl methyl sites for hydroxylation is 1. The first-order chi connectivity index (χ1) is 12.1. The zero-order valence-electron chi connectivity index (χ0n) is 14.7. The maximum absolute atomic E-state index is 11.5. The Bertz CT molecular complexity index is 843. The molecule has 2 atom stereocenters. The lowest BCUT2D eigenvalue weighted by Gasteiger charge is -2.26. The summed E-state index contributed by atoms with van der Waals surface area (Å²) in [5.74, 6) is 1.87. The van der Waals surface area contributed by atoms with E-state index in [1.807, 2.05) is 6.07 Å². The van der Waals surface area contributed by atoms with Crippen LogP contribution in [0.5, 0.6) is 11.5 Å². The number of benzene rings is 1. The highest BCUT2D eigenvalue weighted by Gasteiger charge is 2.23. The fourth-order valence-corrected chi connectivity index (χ4v) is 3.96. The lowest BCUT2D eigenvalue weighted by atomic mass is 9.91. The van der Waals surface area contributed by atoms with E-state index in [1.165, 1.54) is 11.1 Å². The van der Waals surface area contributed by atoms with Crippen LogP contribution < -0.4 is 20.3 Å². The summed E-state index contributed by atoms with van der Waals surface area (Å²) in [6, 6.07) is 8.02. The molecule has 25 heavy (non-hydrogen) atoms. The molecule has 5 heteroatoms. The summed E-state index contributed by atoms with van der Waals surface area (Å²) < 4.78 is 11.5. The molecule has 2 aliphatic rings. The van der Waals surface area contributed by atoms with Crippen LogP contribution in [0.3, 0.4) is 0 Å². The van der Waals surface area contributed by atoms with Crippen LogP contribution in [0.15, 0.2) is 29.1 Å². The standard InChI is InChI=1S/C20H24N2O3/c1-12-8-13-9-18(24-2)14(10-19(13)25-12)11-21-16-4-3-5-17-15(16)6-7-20(23)22-17/h6-7,9-10,12,16,21H,3-5,8,11H2,1-2H3,(H,22,23)/t12-,16-/m0/s1. The Kier molecular flexibility index (Phi) is 4.25. The minimum Gasteiger partial charge on any atom is -0.496 e. The van der Waals surface area contributed by atoms with Crippen LogP contribution in [0.25, 0.3) is 0 Å². The van der Waals surface area contributed by atoms with Gasteiger partial charge in [-0.25, -0.2) is 0 Å². The van der Waals surface area contributed by atoms with Crippen LogP contribution in [0.1, 0.15) is 48.2 Å². The number of aromatic nitrogens is 1. The SMILES string of the molecule is COc1cc2c(cc1CN[C@H]1CCCc3[nH]c(=O)ccc31)O[C@@H](C)C2. The van der Waals surface area contributed by atoms with Crippen molar-refractivity contribution in [3.05, 3.63) is 57.0 Å². The second-order valence-electron chi connectivity index (χ2n) is 6.99. The fourth-order valence-electron chi connectivity index (χ4n) is 3.96. The van der Waals surface area contributed by atoms with Crippen molar-refractivity contribution in [1.29, 1.82) is 0 Å².